The van der Waals surface area contributed by atoms with E-state index in [2.05, 4.69) is 15.5 Å². The maximum Gasteiger partial charge on any atom is 0.280 e. The Morgan fingerprint density at radius 2 is 2.12 bits per heavy atom. The predicted octanol–water partition coefficient (Wildman–Crippen LogP) is 3.10. The second-order valence-electron chi connectivity index (χ2n) is 6.54. The van der Waals surface area contributed by atoms with Gasteiger partial charge in [-0.15, -0.1) is 0 Å². The Bertz CT molecular complexity index is 763. The normalized spacial score (nSPS) is 15.6. The van der Waals surface area contributed by atoms with E-state index in [9.17, 15) is 13.6 Å². The van der Waals surface area contributed by atoms with Crippen LogP contribution in [0, 0.1) is 6.92 Å². The van der Waals surface area contributed by atoms with Gasteiger partial charge in [-0.1, -0.05) is 0 Å². The molecule has 8 heteroatoms. The maximum atomic E-state index is 13.2. The van der Waals surface area contributed by atoms with Gasteiger partial charge >= 0.3 is 0 Å². The number of nitrogens with zero attached hydrogens (tertiary/aromatic N) is 4. The summed E-state index contributed by atoms with van der Waals surface area (Å²) in [4.78, 5) is 12.3. The van der Waals surface area contributed by atoms with Gasteiger partial charge in [-0.25, -0.2) is 8.78 Å². The van der Waals surface area contributed by atoms with Crippen LogP contribution in [0.25, 0.3) is 0 Å². The van der Waals surface area contributed by atoms with Crippen LogP contribution in [0.15, 0.2) is 12.3 Å². The molecule has 1 aliphatic rings. The van der Waals surface area contributed by atoms with Gasteiger partial charge < -0.3 is 5.32 Å². The smallest absolute Gasteiger partial charge is 0.280 e. The van der Waals surface area contributed by atoms with E-state index >= 15 is 0 Å². The van der Waals surface area contributed by atoms with Crippen LogP contribution in [-0.2, 0) is 17.9 Å². The Morgan fingerprint density at radius 3 is 2.68 bits per heavy atom. The van der Waals surface area contributed by atoms with Crippen LogP contribution in [0.4, 0.5) is 8.78 Å². The molecule has 25 heavy (non-hydrogen) atoms. The molecule has 3 rings (SSSR count). The Morgan fingerprint density at radius 1 is 1.40 bits per heavy atom. The van der Waals surface area contributed by atoms with Gasteiger partial charge in [0.05, 0.1) is 17.4 Å². The highest BCUT2D eigenvalue weighted by molar-refractivity contribution is 5.76. The molecule has 1 unspecified atom stereocenters. The molecule has 0 radical (unpaired) electrons. The van der Waals surface area contributed by atoms with Crippen molar-refractivity contribution in [2.75, 3.05) is 0 Å². The number of hydrogen-bond donors (Lipinski definition) is 1. The molecule has 2 aromatic heterocycles. The van der Waals surface area contributed by atoms with Gasteiger partial charge in [-0.2, -0.15) is 10.2 Å². The van der Waals surface area contributed by atoms with Crippen LogP contribution in [-0.4, -0.2) is 25.5 Å². The van der Waals surface area contributed by atoms with Gasteiger partial charge in [0.25, 0.3) is 6.43 Å². The minimum atomic E-state index is -2.64. The molecule has 0 saturated heterocycles. The summed E-state index contributed by atoms with van der Waals surface area (Å²) >= 11 is 0. The summed E-state index contributed by atoms with van der Waals surface area (Å²) in [6, 6.07) is 1.18. The molecule has 1 fully saturated rings. The second kappa shape index (κ2) is 6.93. The summed E-state index contributed by atoms with van der Waals surface area (Å²) in [5.41, 5.74) is 2.23. The summed E-state index contributed by atoms with van der Waals surface area (Å²) in [7, 11) is 0. The monoisotopic (exact) mass is 351 g/mol. The molecule has 0 aliphatic heterocycles. The summed E-state index contributed by atoms with van der Waals surface area (Å²) in [5, 5.41) is 11.4. The lowest BCUT2D eigenvalue weighted by molar-refractivity contribution is -0.122. The fourth-order valence-electron chi connectivity index (χ4n) is 2.95. The molecule has 6 nitrogen and oxygen atoms in total. The molecule has 1 atom stereocenters. The summed E-state index contributed by atoms with van der Waals surface area (Å²) in [6.07, 6.45) is 1.20. The van der Waals surface area contributed by atoms with E-state index in [0.29, 0.717) is 5.69 Å². The molecule has 1 saturated carbocycles. The van der Waals surface area contributed by atoms with Crippen molar-refractivity contribution in [2.45, 2.75) is 65.1 Å². The van der Waals surface area contributed by atoms with Gasteiger partial charge in [0.1, 0.15) is 12.2 Å². The zero-order chi connectivity index (χ0) is 18.1. The number of amides is 1. The highest BCUT2D eigenvalue weighted by Gasteiger charge is 2.29. The molecule has 1 N–H and O–H groups in total. The number of aryl methyl sites for hydroxylation is 2. The van der Waals surface area contributed by atoms with E-state index in [1.54, 1.807) is 4.68 Å². The molecular weight excluding hydrogens is 328 g/mol. The zero-order valence-corrected chi connectivity index (χ0v) is 14.7. The molecule has 1 amide bonds. The highest BCUT2D eigenvalue weighted by atomic mass is 19.3. The average molecular weight is 351 g/mol. The minimum Gasteiger partial charge on any atom is -0.348 e. The molecule has 2 aromatic rings. The molecule has 0 aromatic carbocycles. The van der Waals surface area contributed by atoms with E-state index in [1.165, 1.54) is 6.07 Å². The van der Waals surface area contributed by atoms with Crippen LogP contribution in [0.3, 0.4) is 0 Å². The first kappa shape index (κ1) is 17.6. The lowest BCUT2D eigenvalue weighted by Gasteiger charge is -2.14. The number of carbonyl (C=O) groups is 1. The fourth-order valence-corrected chi connectivity index (χ4v) is 2.95. The quantitative estimate of drug-likeness (QED) is 0.834. The Kier molecular flexibility index (Phi) is 4.87. The van der Waals surface area contributed by atoms with Crippen molar-refractivity contribution in [2.24, 2.45) is 0 Å². The highest BCUT2D eigenvalue weighted by Crippen LogP contribution is 2.40. The first-order valence-corrected chi connectivity index (χ1v) is 8.58. The molecule has 0 spiro atoms. The van der Waals surface area contributed by atoms with Crippen molar-refractivity contribution in [3.8, 4) is 0 Å². The number of alkyl halides is 2. The standard InChI is InChI=1S/C17H23F2N5O/c1-4-23-8-13(11(3)21-23)10(2)20-16(25)9-24-15(17(18)19)7-14(22-24)12-5-6-12/h7-8,10,12,17H,4-6,9H2,1-3H3,(H,20,25). The SMILES string of the molecule is CCn1cc(C(C)NC(=O)Cn2nc(C3CC3)cc2C(F)F)c(C)n1. The number of nitrogens with one attached hydrogen (secondary N) is 1. The van der Waals surface area contributed by atoms with Gasteiger partial charge in [0.15, 0.2) is 0 Å². The van der Waals surface area contributed by atoms with Crippen LogP contribution < -0.4 is 5.32 Å². The number of hydrogen-bond acceptors (Lipinski definition) is 3. The number of carbonyl (C=O) groups excluding carboxylic acids is 1. The van der Waals surface area contributed by atoms with E-state index in [0.717, 1.165) is 35.3 Å². The topological polar surface area (TPSA) is 64.7 Å². The van der Waals surface area contributed by atoms with Crippen molar-refractivity contribution >= 4 is 5.91 Å². The molecule has 136 valence electrons. The third kappa shape index (κ3) is 3.88. The predicted molar refractivity (Wildman–Crippen MR) is 88.4 cm³/mol. The maximum absolute atomic E-state index is 13.2. The van der Waals surface area contributed by atoms with E-state index in [-0.39, 0.29) is 30.1 Å². The van der Waals surface area contributed by atoms with Crippen molar-refractivity contribution in [1.29, 1.82) is 0 Å². The van der Waals surface area contributed by atoms with Crippen LogP contribution in [0.5, 0.6) is 0 Å². The van der Waals surface area contributed by atoms with Crippen molar-refractivity contribution in [3.05, 3.63) is 34.9 Å². The summed E-state index contributed by atoms with van der Waals surface area (Å²) in [5.74, 6) is -0.0771. The van der Waals surface area contributed by atoms with E-state index in [4.69, 9.17) is 0 Å². The van der Waals surface area contributed by atoms with Gasteiger partial charge in [0.2, 0.25) is 5.91 Å². The summed E-state index contributed by atoms with van der Waals surface area (Å²) < 4.78 is 29.3. The molecule has 2 heterocycles. The van der Waals surface area contributed by atoms with E-state index in [1.807, 2.05) is 27.0 Å². The lowest BCUT2D eigenvalue weighted by atomic mass is 10.1. The third-order valence-electron chi connectivity index (χ3n) is 4.49. The zero-order valence-electron chi connectivity index (χ0n) is 14.7. The first-order chi connectivity index (χ1) is 11.9. The Hall–Kier alpha value is -2.25. The largest absolute Gasteiger partial charge is 0.348 e. The number of halogens is 2. The van der Waals surface area contributed by atoms with Crippen molar-refractivity contribution < 1.29 is 13.6 Å². The Labute approximate surface area is 145 Å². The van der Waals surface area contributed by atoms with Gasteiger partial charge in [-0.3, -0.25) is 14.2 Å². The van der Waals surface area contributed by atoms with E-state index < -0.39 is 6.43 Å². The lowest BCUT2D eigenvalue weighted by Crippen LogP contribution is -2.31. The van der Waals surface area contributed by atoms with Crippen LogP contribution in [0.2, 0.25) is 0 Å². The van der Waals surface area contributed by atoms with Crippen molar-refractivity contribution in [3.63, 3.8) is 0 Å². The minimum absolute atomic E-state index is 0.195. The van der Waals surface area contributed by atoms with Gasteiger partial charge in [0, 0.05) is 24.2 Å². The van der Waals surface area contributed by atoms with Crippen LogP contribution >= 0.6 is 0 Å². The Balaban J connectivity index is 1.68. The molecule has 0 bridgehead atoms. The number of rotatable bonds is 7. The van der Waals surface area contributed by atoms with Gasteiger partial charge in [-0.05, 0) is 39.7 Å². The molecule has 1 aliphatic carbocycles. The molecular formula is C17H23F2N5O. The van der Waals surface area contributed by atoms with Crippen molar-refractivity contribution in [1.82, 2.24) is 24.9 Å². The number of aromatic nitrogens is 4. The summed E-state index contributed by atoms with van der Waals surface area (Å²) in [6.45, 7) is 6.26. The van der Waals surface area contributed by atoms with Crippen LogP contribution in [0.1, 0.15) is 67.7 Å². The third-order valence-corrected chi connectivity index (χ3v) is 4.49. The second-order valence-corrected chi connectivity index (χ2v) is 6.54. The fraction of sp³-hybridized carbons (Fsp3) is 0.588. The first-order valence-electron chi connectivity index (χ1n) is 8.58. The average Bonchev–Trinajstić information content (AvgIpc) is 3.20.